The number of rotatable bonds is 4. The molecule has 0 aliphatic heterocycles. The van der Waals surface area contributed by atoms with E-state index >= 15 is 0 Å². The Hall–Kier alpha value is -1.15. The smallest absolute Gasteiger partial charge is 0.0422 e. The van der Waals surface area contributed by atoms with Crippen molar-refractivity contribution in [1.82, 2.24) is 10.3 Å². The highest BCUT2D eigenvalue weighted by Crippen LogP contribution is 2.05. The minimum absolute atomic E-state index is 0.329. The van der Waals surface area contributed by atoms with Crippen LogP contribution in [-0.4, -0.2) is 18.1 Å². The molecule has 0 saturated carbocycles. The van der Waals surface area contributed by atoms with Crippen LogP contribution < -0.4 is 5.32 Å². The summed E-state index contributed by atoms with van der Waals surface area (Å²) in [7, 11) is 1.95. The lowest BCUT2D eigenvalue weighted by Gasteiger charge is -2.15. The van der Waals surface area contributed by atoms with E-state index in [2.05, 4.69) is 16.9 Å². The third-order valence-corrected chi connectivity index (χ3v) is 2.08. The van der Waals surface area contributed by atoms with Gasteiger partial charge in [-0.05, 0) is 26.1 Å². The predicted octanol–water partition coefficient (Wildman–Crippen LogP) is 1.79. The molecule has 1 unspecified atom stereocenters. The van der Waals surface area contributed by atoms with Gasteiger partial charge in [0.05, 0.1) is 0 Å². The zero-order valence-electron chi connectivity index (χ0n) is 8.25. The Labute approximate surface area is 79.7 Å². The fourth-order valence-corrected chi connectivity index (χ4v) is 1.25. The van der Waals surface area contributed by atoms with Crippen molar-refractivity contribution in [2.24, 2.45) is 0 Å². The second-order valence-electron chi connectivity index (χ2n) is 3.21. The van der Waals surface area contributed by atoms with E-state index < -0.39 is 0 Å². The molecule has 0 aromatic carbocycles. The lowest BCUT2D eigenvalue weighted by Crippen LogP contribution is -2.28. The third kappa shape index (κ3) is 2.99. The molecule has 1 rings (SSSR count). The Morgan fingerprint density at radius 1 is 1.62 bits per heavy atom. The zero-order chi connectivity index (χ0) is 9.68. The summed E-state index contributed by atoms with van der Waals surface area (Å²) in [6.07, 6.45) is 2.73. The van der Waals surface area contributed by atoms with Crippen LogP contribution in [0.25, 0.3) is 0 Å². The van der Waals surface area contributed by atoms with Gasteiger partial charge in [0.25, 0.3) is 0 Å². The molecule has 0 radical (unpaired) electrons. The van der Waals surface area contributed by atoms with Gasteiger partial charge in [-0.2, -0.15) is 0 Å². The van der Waals surface area contributed by atoms with Crippen LogP contribution in [0, 0.1) is 0 Å². The van der Waals surface area contributed by atoms with Crippen LogP contribution in [-0.2, 0) is 6.42 Å². The predicted molar refractivity (Wildman–Crippen MR) is 55.6 cm³/mol. The van der Waals surface area contributed by atoms with Gasteiger partial charge >= 0.3 is 0 Å². The summed E-state index contributed by atoms with van der Waals surface area (Å²) in [5, 5.41) is 3.21. The number of pyridine rings is 1. The van der Waals surface area contributed by atoms with Gasteiger partial charge in [0.2, 0.25) is 0 Å². The Morgan fingerprint density at radius 3 is 2.85 bits per heavy atom. The van der Waals surface area contributed by atoms with Gasteiger partial charge in [0, 0.05) is 24.4 Å². The van der Waals surface area contributed by atoms with Crippen molar-refractivity contribution in [1.29, 1.82) is 0 Å². The van der Waals surface area contributed by atoms with Gasteiger partial charge < -0.3 is 5.32 Å². The maximum absolute atomic E-state index is 4.27. The molecule has 0 amide bonds. The van der Waals surface area contributed by atoms with Crippen molar-refractivity contribution >= 4 is 0 Å². The Kier molecular flexibility index (Phi) is 3.65. The van der Waals surface area contributed by atoms with Crippen molar-refractivity contribution in [3.8, 4) is 0 Å². The average molecular weight is 176 g/mol. The summed E-state index contributed by atoms with van der Waals surface area (Å²) in [4.78, 5) is 4.27. The quantitative estimate of drug-likeness (QED) is 0.707. The number of nitrogens with zero attached hydrogens (tertiary/aromatic N) is 1. The molecule has 1 N–H and O–H groups in total. The van der Waals surface area contributed by atoms with Crippen LogP contribution in [0.5, 0.6) is 0 Å². The second kappa shape index (κ2) is 4.77. The van der Waals surface area contributed by atoms with Crippen LogP contribution in [0.15, 0.2) is 36.5 Å². The highest BCUT2D eigenvalue weighted by molar-refractivity contribution is 5.11. The SMILES string of the molecule is C=C(C)C(Cc1ccccn1)NC. The first kappa shape index (κ1) is 9.93. The summed E-state index contributed by atoms with van der Waals surface area (Å²) in [5.74, 6) is 0. The summed E-state index contributed by atoms with van der Waals surface area (Å²) in [5.41, 5.74) is 2.25. The summed E-state index contributed by atoms with van der Waals surface area (Å²) >= 11 is 0. The maximum atomic E-state index is 4.27. The molecule has 0 aliphatic rings. The lowest BCUT2D eigenvalue weighted by atomic mass is 10.1. The first-order chi connectivity index (χ1) is 6.24. The highest BCUT2D eigenvalue weighted by atomic mass is 14.9. The molecule has 0 spiro atoms. The molecule has 13 heavy (non-hydrogen) atoms. The molecule has 1 aromatic rings. The number of aromatic nitrogens is 1. The van der Waals surface area contributed by atoms with E-state index in [-0.39, 0.29) is 0 Å². The Balaban J connectivity index is 2.62. The minimum Gasteiger partial charge on any atom is -0.313 e. The number of hydrogen-bond acceptors (Lipinski definition) is 2. The van der Waals surface area contributed by atoms with Crippen molar-refractivity contribution in [3.63, 3.8) is 0 Å². The molecule has 1 heterocycles. The second-order valence-corrected chi connectivity index (χ2v) is 3.21. The average Bonchev–Trinajstić information content (AvgIpc) is 2.15. The normalized spacial score (nSPS) is 12.5. The van der Waals surface area contributed by atoms with Crippen molar-refractivity contribution in [2.75, 3.05) is 7.05 Å². The Bertz CT molecular complexity index is 267. The molecule has 70 valence electrons. The molecular weight excluding hydrogens is 160 g/mol. The molecule has 2 heteroatoms. The van der Waals surface area contributed by atoms with Gasteiger partial charge in [0.15, 0.2) is 0 Å². The van der Waals surface area contributed by atoms with Crippen LogP contribution in [0.4, 0.5) is 0 Å². The number of nitrogens with one attached hydrogen (secondary N) is 1. The molecule has 0 saturated heterocycles. The van der Waals surface area contributed by atoms with Crippen LogP contribution in [0.1, 0.15) is 12.6 Å². The molecule has 1 aromatic heterocycles. The van der Waals surface area contributed by atoms with Crippen molar-refractivity contribution in [3.05, 3.63) is 42.2 Å². The highest BCUT2D eigenvalue weighted by Gasteiger charge is 2.07. The molecule has 2 nitrogen and oxygen atoms in total. The Morgan fingerprint density at radius 2 is 2.38 bits per heavy atom. The monoisotopic (exact) mass is 176 g/mol. The van der Waals surface area contributed by atoms with E-state index in [9.17, 15) is 0 Å². The third-order valence-electron chi connectivity index (χ3n) is 2.08. The maximum Gasteiger partial charge on any atom is 0.0422 e. The van der Waals surface area contributed by atoms with Crippen molar-refractivity contribution in [2.45, 2.75) is 19.4 Å². The molecule has 0 bridgehead atoms. The van der Waals surface area contributed by atoms with E-state index in [1.54, 1.807) is 0 Å². The van der Waals surface area contributed by atoms with Gasteiger partial charge in [-0.3, -0.25) is 4.98 Å². The van der Waals surface area contributed by atoms with E-state index in [0.29, 0.717) is 6.04 Å². The fraction of sp³-hybridized carbons (Fsp3) is 0.364. The fourth-order valence-electron chi connectivity index (χ4n) is 1.25. The first-order valence-corrected chi connectivity index (χ1v) is 4.46. The van der Waals surface area contributed by atoms with Gasteiger partial charge in [-0.1, -0.05) is 18.2 Å². The van der Waals surface area contributed by atoms with E-state index in [1.165, 1.54) is 0 Å². The molecule has 0 fully saturated rings. The molecule has 0 aliphatic carbocycles. The minimum atomic E-state index is 0.329. The summed E-state index contributed by atoms with van der Waals surface area (Å²) in [6, 6.07) is 6.30. The van der Waals surface area contributed by atoms with E-state index in [4.69, 9.17) is 0 Å². The topological polar surface area (TPSA) is 24.9 Å². The number of likely N-dealkylation sites (N-methyl/N-ethyl adjacent to an activating group) is 1. The van der Waals surface area contributed by atoms with Crippen molar-refractivity contribution < 1.29 is 0 Å². The van der Waals surface area contributed by atoms with Crippen LogP contribution in [0.2, 0.25) is 0 Å². The van der Waals surface area contributed by atoms with Crippen LogP contribution in [0.3, 0.4) is 0 Å². The van der Waals surface area contributed by atoms with E-state index in [0.717, 1.165) is 17.7 Å². The van der Waals surface area contributed by atoms with Gasteiger partial charge in [-0.25, -0.2) is 0 Å². The first-order valence-electron chi connectivity index (χ1n) is 4.46. The largest absolute Gasteiger partial charge is 0.313 e. The summed E-state index contributed by atoms with van der Waals surface area (Å²) in [6.45, 7) is 5.96. The van der Waals surface area contributed by atoms with Crippen LogP contribution >= 0.6 is 0 Å². The standard InChI is InChI=1S/C11H16N2/c1-9(2)11(12-3)8-10-6-4-5-7-13-10/h4-7,11-12H,1,8H2,2-3H3. The van der Waals surface area contributed by atoms with E-state index in [1.807, 2.05) is 38.4 Å². The number of hydrogen-bond donors (Lipinski definition) is 1. The van der Waals surface area contributed by atoms with Gasteiger partial charge in [-0.15, -0.1) is 0 Å². The lowest BCUT2D eigenvalue weighted by molar-refractivity contribution is 0.625. The molecule has 1 atom stereocenters. The zero-order valence-corrected chi connectivity index (χ0v) is 8.25. The summed E-state index contributed by atoms with van der Waals surface area (Å²) < 4.78 is 0. The molecular formula is C11H16N2. The van der Waals surface area contributed by atoms with Gasteiger partial charge in [0.1, 0.15) is 0 Å².